The molecule has 112 valence electrons. The highest BCUT2D eigenvalue weighted by molar-refractivity contribution is 5.93. The van der Waals surface area contributed by atoms with Crippen LogP contribution in [-0.2, 0) is 6.42 Å². The molecule has 0 unspecified atom stereocenters. The van der Waals surface area contributed by atoms with Gasteiger partial charge in [-0.15, -0.1) is 0 Å². The van der Waals surface area contributed by atoms with Gasteiger partial charge in [-0.25, -0.2) is 0 Å². The fourth-order valence-corrected chi connectivity index (χ4v) is 2.23. The molecule has 1 atom stereocenters. The average molecular weight is 296 g/mol. The van der Waals surface area contributed by atoms with Crippen LogP contribution in [0.15, 0.2) is 63.9 Å². The lowest BCUT2D eigenvalue weighted by atomic mass is 10.1. The number of nitrogens with zero attached hydrogens (tertiary/aromatic N) is 1. The molecular weight excluding hydrogens is 280 g/mol. The van der Waals surface area contributed by atoms with Gasteiger partial charge < -0.3 is 14.3 Å². The van der Waals surface area contributed by atoms with Gasteiger partial charge >= 0.3 is 0 Å². The maximum atomic E-state index is 12.2. The van der Waals surface area contributed by atoms with E-state index in [1.807, 2.05) is 43.3 Å². The Balaban J connectivity index is 1.64. The molecule has 3 rings (SSSR count). The smallest absolute Gasteiger partial charge is 0.273 e. The van der Waals surface area contributed by atoms with E-state index in [1.54, 1.807) is 18.6 Å². The van der Waals surface area contributed by atoms with Gasteiger partial charge in [-0.1, -0.05) is 35.5 Å². The molecule has 0 aliphatic rings. The number of amides is 1. The molecule has 0 spiro atoms. The molecule has 0 aliphatic carbocycles. The molecule has 1 aromatic carbocycles. The second kappa shape index (κ2) is 6.30. The van der Waals surface area contributed by atoms with Crippen molar-refractivity contribution in [3.63, 3.8) is 0 Å². The molecule has 0 fully saturated rings. The zero-order chi connectivity index (χ0) is 15.4. The summed E-state index contributed by atoms with van der Waals surface area (Å²) in [6, 6.07) is 13.1. The van der Waals surface area contributed by atoms with E-state index in [0.717, 1.165) is 11.1 Å². The van der Waals surface area contributed by atoms with E-state index in [1.165, 1.54) is 0 Å². The van der Waals surface area contributed by atoms with Crippen molar-refractivity contribution in [2.45, 2.75) is 19.4 Å². The van der Waals surface area contributed by atoms with Crippen LogP contribution in [0.2, 0.25) is 0 Å². The number of hydrogen-bond acceptors (Lipinski definition) is 4. The topological polar surface area (TPSA) is 68.3 Å². The van der Waals surface area contributed by atoms with Gasteiger partial charge in [0.25, 0.3) is 5.91 Å². The second-order valence-electron chi connectivity index (χ2n) is 5.15. The summed E-state index contributed by atoms with van der Waals surface area (Å²) in [7, 11) is 0. The van der Waals surface area contributed by atoms with Gasteiger partial charge in [0, 0.05) is 17.7 Å². The Bertz CT molecular complexity index is 732. The first-order valence-corrected chi connectivity index (χ1v) is 7.06. The third-order valence-electron chi connectivity index (χ3n) is 3.30. The number of benzene rings is 1. The van der Waals surface area contributed by atoms with Crippen LogP contribution < -0.4 is 5.32 Å². The van der Waals surface area contributed by atoms with Gasteiger partial charge in [0.1, 0.15) is 0 Å². The molecule has 0 saturated carbocycles. The van der Waals surface area contributed by atoms with E-state index in [9.17, 15) is 4.79 Å². The van der Waals surface area contributed by atoms with Crippen molar-refractivity contribution in [2.24, 2.45) is 0 Å². The summed E-state index contributed by atoms with van der Waals surface area (Å²) in [6.07, 6.45) is 3.99. The summed E-state index contributed by atoms with van der Waals surface area (Å²) in [5.74, 6) is 0.329. The maximum absolute atomic E-state index is 12.2. The summed E-state index contributed by atoms with van der Waals surface area (Å²) in [6.45, 7) is 1.93. The molecular formula is C17H16N2O3. The first kappa shape index (κ1) is 14.1. The number of carbonyl (C=O) groups is 1. The van der Waals surface area contributed by atoms with Crippen LogP contribution in [0.3, 0.4) is 0 Å². The lowest BCUT2D eigenvalue weighted by Gasteiger charge is -2.11. The zero-order valence-electron chi connectivity index (χ0n) is 12.2. The Labute approximate surface area is 127 Å². The van der Waals surface area contributed by atoms with Crippen molar-refractivity contribution in [1.82, 2.24) is 10.5 Å². The maximum Gasteiger partial charge on any atom is 0.273 e. The lowest BCUT2D eigenvalue weighted by molar-refractivity contribution is 0.0931. The minimum absolute atomic E-state index is 0.0259. The van der Waals surface area contributed by atoms with Crippen LogP contribution in [0.1, 0.15) is 23.0 Å². The summed E-state index contributed by atoms with van der Waals surface area (Å²) >= 11 is 0. The number of hydrogen-bond donors (Lipinski definition) is 1. The van der Waals surface area contributed by atoms with Crippen LogP contribution in [-0.4, -0.2) is 17.1 Å². The Hall–Kier alpha value is -2.82. The van der Waals surface area contributed by atoms with E-state index in [0.29, 0.717) is 12.2 Å². The monoisotopic (exact) mass is 296 g/mol. The normalized spacial score (nSPS) is 12.0. The quantitative estimate of drug-likeness (QED) is 0.784. The summed E-state index contributed by atoms with van der Waals surface area (Å²) in [4.78, 5) is 12.2. The van der Waals surface area contributed by atoms with E-state index in [2.05, 4.69) is 10.5 Å². The largest absolute Gasteiger partial charge is 0.472 e. The number of aromatic nitrogens is 1. The summed E-state index contributed by atoms with van der Waals surface area (Å²) < 4.78 is 10.3. The van der Waals surface area contributed by atoms with Crippen LogP contribution in [0.25, 0.3) is 11.3 Å². The fourth-order valence-electron chi connectivity index (χ4n) is 2.23. The highest BCUT2D eigenvalue weighted by Crippen LogP contribution is 2.19. The Morgan fingerprint density at radius 2 is 2.09 bits per heavy atom. The molecule has 3 aromatic rings. The van der Waals surface area contributed by atoms with Gasteiger partial charge in [-0.3, -0.25) is 4.79 Å². The summed E-state index contributed by atoms with van der Waals surface area (Å²) in [5, 5.41) is 6.73. The molecule has 1 N–H and O–H groups in total. The van der Waals surface area contributed by atoms with Crippen LogP contribution in [0.5, 0.6) is 0 Å². The Morgan fingerprint density at radius 1 is 1.27 bits per heavy atom. The predicted octanol–water partition coefficient (Wildman–Crippen LogP) is 3.30. The second-order valence-corrected chi connectivity index (χ2v) is 5.15. The minimum atomic E-state index is -0.248. The lowest BCUT2D eigenvalue weighted by Crippen LogP contribution is -2.34. The van der Waals surface area contributed by atoms with Crippen LogP contribution >= 0.6 is 0 Å². The van der Waals surface area contributed by atoms with Gasteiger partial charge in [-0.05, 0) is 25.0 Å². The molecule has 22 heavy (non-hydrogen) atoms. The molecule has 0 saturated heterocycles. The SMILES string of the molecule is C[C@@H](Cc1ccoc1)NC(=O)c1cc(-c2ccccc2)on1. The molecule has 5 nitrogen and oxygen atoms in total. The van der Waals surface area contributed by atoms with Gasteiger partial charge in [0.15, 0.2) is 11.5 Å². The average Bonchev–Trinajstić information content (AvgIpc) is 3.19. The van der Waals surface area contributed by atoms with E-state index in [4.69, 9.17) is 8.94 Å². The van der Waals surface area contributed by atoms with Gasteiger partial charge in [0.05, 0.1) is 12.5 Å². The summed E-state index contributed by atoms with van der Waals surface area (Å²) in [5.41, 5.74) is 2.20. The molecule has 2 aromatic heterocycles. The molecule has 0 bridgehead atoms. The van der Waals surface area contributed by atoms with Crippen LogP contribution in [0, 0.1) is 0 Å². The number of furan rings is 1. The van der Waals surface area contributed by atoms with Crippen molar-refractivity contribution >= 4 is 5.91 Å². The molecule has 0 radical (unpaired) electrons. The van der Waals surface area contributed by atoms with E-state index >= 15 is 0 Å². The molecule has 2 heterocycles. The van der Waals surface area contributed by atoms with Crippen LogP contribution in [0.4, 0.5) is 0 Å². The standard InChI is InChI=1S/C17H16N2O3/c1-12(9-13-7-8-21-11-13)18-17(20)15-10-16(22-19-15)14-5-3-2-4-6-14/h2-8,10-12H,9H2,1H3,(H,18,20)/t12-/m0/s1. The highest BCUT2D eigenvalue weighted by atomic mass is 16.5. The Morgan fingerprint density at radius 3 is 2.82 bits per heavy atom. The van der Waals surface area contributed by atoms with E-state index < -0.39 is 0 Å². The third kappa shape index (κ3) is 3.25. The number of carbonyl (C=O) groups excluding carboxylic acids is 1. The van der Waals surface area contributed by atoms with Crippen molar-refractivity contribution in [1.29, 1.82) is 0 Å². The predicted molar refractivity (Wildman–Crippen MR) is 81.3 cm³/mol. The van der Waals surface area contributed by atoms with Crippen molar-refractivity contribution in [3.8, 4) is 11.3 Å². The minimum Gasteiger partial charge on any atom is -0.472 e. The third-order valence-corrected chi connectivity index (χ3v) is 3.30. The van der Waals surface area contributed by atoms with E-state index in [-0.39, 0.29) is 17.6 Å². The van der Waals surface area contributed by atoms with Gasteiger partial charge in [-0.2, -0.15) is 0 Å². The number of rotatable bonds is 5. The number of nitrogens with one attached hydrogen (secondary N) is 1. The van der Waals surface area contributed by atoms with Crippen molar-refractivity contribution in [3.05, 3.63) is 66.2 Å². The van der Waals surface area contributed by atoms with Crippen molar-refractivity contribution < 1.29 is 13.7 Å². The molecule has 1 amide bonds. The fraction of sp³-hybridized carbons (Fsp3) is 0.176. The zero-order valence-corrected chi connectivity index (χ0v) is 12.2. The molecule has 5 heteroatoms. The van der Waals surface area contributed by atoms with Crippen molar-refractivity contribution in [2.75, 3.05) is 0 Å². The van der Waals surface area contributed by atoms with Gasteiger partial charge in [0.2, 0.25) is 0 Å². The highest BCUT2D eigenvalue weighted by Gasteiger charge is 2.16. The Kier molecular flexibility index (Phi) is 4.05. The molecule has 0 aliphatic heterocycles. The first-order valence-electron chi connectivity index (χ1n) is 7.06. The first-order chi connectivity index (χ1) is 10.7.